The van der Waals surface area contributed by atoms with Crippen molar-refractivity contribution in [3.63, 3.8) is 0 Å². The summed E-state index contributed by atoms with van der Waals surface area (Å²) in [6, 6.07) is 17.1. The van der Waals surface area contributed by atoms with Gasteiger partial charge in [0.1, 0.15) is 0 Å². The van der Waals surface area contributed by atoms with Crippen molar-refractivity contribution in [1.82, 2.24) is 9.78 Å². The first-order valence-electron chi connectivity index (χ1n) is 8.17. The maximum Gasteiger partial charge on any atom is 0.335 e. The maximum atomic E-state index is 12.1. The van der Waals surface area contributed by atoms with Gasteiger partial charge in [0.25, 0.3) is 5.56 Å². The zero-order valence-corrected chi connectivity index (χ0v) is 14.0. The lowest BCUT2D eigenvalue weighted by Crippen LogP contribution is -2.23. The molecule has 3 rings (SSSR count). The summed E-state index contributed by atoms with van der Waals surface area (Å²) in [4.78, 5) is 23.1. The molecule has 3 aromatic rings. The second kappa shape index (κ2) is 7.76. The van der Waals surface area contributed by atoms with Crippen molar-refractivity contribution in [3.05, 3.63) is 87.7 Å². The molecule has 0 aliphatic heterocycles. The second-order valence-electron chi connectivity index (χ2n) is 5.89. The number of rotatable bonds is 6. The van der Waals surface area contributed by atoms with E-state index in [0.717, 1.165) is 16.7 Å². The Hall–Kier alpha value is -3.25. The first kappa shape index (κ1) is 17.6. The minimum absolute atomic E-state index is 0.0621. The van der Waals surface area contributed by atoms with Crippen LogP contribution in [0.5, 0.6) is 0 Å². The molecule has 6 heteroatoms. The van der Waals surface area contributed by atoms with Crippen LogP contribution < -0.4 is 5.56 Å². The zero-order chi connectivity index (χ0) is 18.5. The Bertz CT molecular complexity index is 995. The molecule has 26 heavy (non-hydrogen) atoms. The fraction of sp³-hybridized carbons (Fsp3) is 0.150. The molecule has 132 valence electrons. The minimum atomic E-state index is -0.979. The van der Waals surface area contributed by atoms with Gasteiger partial charge in [-0.15, -0.1) is 0 Å². The molecule has 0 aliphatic rings. The minimum Gasteiger partial charge on any atom is -0.478 e. The second-order valence-corrected chi connectivity index (χ2v) is 5.89. The molecule has 0 bridgehead atoms. The predicted molar refractivity (Wildman–Crippen MR) is 97.0 cm³/mol. The molecule has 0 atom stereocenters. The van der Waals surface area contributed by atoms with E-state index in [0.29, 0.717) is 18.7 Å². The average molecular weight is 350 g/mol. The number of aryl methyl sites for hydroxylation is 2. The highest BCUT2D eigenvalue weighted by Crippen LogP contribution is 2.17. The van der Waals surface area contributed by atoms with Gasteiger partial charge in [0.15, 0.2) is 0 Å². The van der Waals surface area contributed by atoms with Gasteiger partial charge in [-0.05, 0) is 41.8 Å². The van der Waals surface area contributed by atoms with Gasteiger partial charge in [-0.2, -0.15) is 5.10 Å². The molecule has 0 saturated carbocycles. The van der Waals surface area contributed by atoms with Gasteiger partial charge < -0.3 is 10.2 Å². The van der Waals surface area contributed by atoms with Crippen molar-refractivity contribution in [1.29, 1.82) is 0 Å². The first-order chi connectivity index (χ1) is 12.6. The van der Waals surface area contributed by atoms with E-state index in [4.69, 9.17) is 5.11 Å². The lowest BCUT2D eigenvalue weighted by Gasteiger charge is -2.08. The number of carbonyl (C=O) groups is 1. The van der Waals surface area contributed by atoms with Crippen molar-refractivity contribution >= 4 is 5.97 Å². The molecule has 0 unspecified atom stereocenters. The molecule has 2 N–H and O–H groups in total. The van der Waals surface area contributed by atoms with E-state index in [1.807, 2.05) is 30.3 Å². The van der Waals surface area contributed by atoms with Gasteiger partial charge in [-0.3, -0.25) is 4.79 Å². The van der Waals surface area contributed by atoms with Crippen LogP contribution in [0.2, 0.25) is 0 Å². The Morgan fingerprint density at radius 2 is 1.77 bits per heavy atom. The van der Waals surface area contributed by atoms with Crippen LogP contribution in [0.15, 0.2) is 65.5 Å². The molecule has 0 aliphatic carbocycles. The Labute approximate surface area is 150 Å². The highest BCUT2D eigenvalue weighted by molar-refractivity contribution is 5.87. The Kier molecular flexibility index (Phi) is 5.24. The fourth-order valence-electron chi connectivity index (χ4n) is 2.69. The van der Waals surface area contributed by atoms with Crippen LogP contribution in [0.1, 0.15) is 21.5 Å². The number of carboxylic acid groups (broad SMARTS) is 1. The normalized spacial score (nSPS) is 10.7. The topological polar surface area (TPSA) is 92.4 Å². The van der Waals surface area contributed by atoms with Crippen LogP contribution in [0.4, 0.5) is 0 Å². The molecular formula is C20H18N2O4. The standard InChI is InChI=1S/C20H18N2O4/c23-13-15-4-2-5-16(12-15)18-7-8-19(24)22(21-18)10-9-14-3-1-6-17(11-14)20(25)26/h1-8,11-12,23H,9-10,13H2,(H,25,26). The van der Waals surface area contributed by atoms with Gasteiger partial charge >= 0.3 is 5.97 Å². The number of benzene rings is 2. The predicted octanol–water partition coefficient (Wildman–Crippen LogP) is 2.34. The molecule has 1 heterocycles. The van der Waals surface area contributed by atoms with Crippen molar-refractivity contribution < 1.29 is 15.0 Å². The molecule has 0 fully saturated rings. The molecule has 0 spiro atoms. The van der Waals surface area contributed by atoms with Crippen LogP contribution in [0.25, 0.3) is 11.3 Å². The summed E-state index contributed by atoms with van der Waals surface area (Å²) in [5.74, 6) is -0.979. The van der Waals surface area contributed by atoms with Gasteiger partial charge in [-0.1, -0.05) is 30.3 Å². The Morgan fingerprint density at radius 1 is 1.00 bits per heavy atom. The molecule has 0 radical (unpaired) electrons. The monoisotopic (exact) mass is 350 g/mol. The number of aromatic nitrogens is 2. The van der Waals surface area contributed by atoms with Crippen molar-refractivity contribution in [3.8, 4) is 11.3 Å². The number of hydrogen-bond acceptors (Lipinski definition) is 4. The molecule has 1 aromatic heterocycles. The van der Waals surface area contributed by atoms with Crippen molar-refractivity contribution in [2.75, 3.05) is 0 Å². The summed E-state index contributed by atoms with van der Waals surface area (Å²) in [7, 11) is 0. The van der Waals surface area contributed by atoms with Crippen LogP contribution in [-0.4, -0.2) is 26.0 Å². The van der Waals surface area contributed by atoms with E-state index < -0.39 is 5.97 Å². The number of aromatic carboxylic acids is 1. The number of carboxylic acids is 1. The zero-order valence-electron chi connectivity index (χ0n) is 14.0. The van der Waals surface area contributed by atoms with Crippen LogP contribution in [-0.2, 0) is 19.6 Å². The molecule has 0 saturated heterocycles. The van der Waals surface area contributed by atoms with E-state index in [2.05, 4.69) is 5.10 Å². The lowest BCUT2D eigenvalue weighted by atomic mass is 10.1. The summed E-state index contributed by atoms with van der Waals surface area (Å²) in [6.07, 6.45) is 0.494. The Morgan fingerprint density at radius 3 is 2.54 bits per heavy atom. The quantitative estimate of drug-likeness (QED) is 0.712. The van der Waals surface area contributed by atoms with E-state index in [9.17, 15) is 14.7 Å². The molecule has 6 nitrogen and oxygen atoms in total. The average Bonchev–Trinajstić information content (AvgIpc) is 2.67. The van der Waals surface area contributed by atoms with Gasteiger partial charge in [0, 0.05) is 18.2 Å². The molecule has 2 aromatic carbocycles. The van der Waals surface area contributed by atoms with Gasteiger partial charge in [-0.25, -0.2) is 9.48 Å². The third-order valence-electron chi connectivity index (χ3n) is 4.06. The summed E-state index contributed by atoms with van der Waals surface area (Å²) < 4.78 is 1.37. The Balaban J connectivity index is 1.83. The lowest BCUT2D eigenvalue weighted by molar-refractivity contribution is 0.0696. The number of hydrogen-bond donors (Lipinski definition) is 2. The van der Waals surface area contributed by atoms with Crippen LogP contribution >= 0.6 is 0 Å². The van der Waals surface area contributed by atoms with E-state index in [1.165, 1.54) is 16.8 Å². The highest BCUT2D eigenvalue weighted by atomic mass is 16.4. The largest absolute Gasteiger partial charge is 0.478 e. The first-order valence-corrected chi connectivity index (χ1v) is 8.17. The number of aliphatic hydroxyl groups is 1. The summed E-state index contributed by atoms with van der Waals surface area (Å²) in [5.41, 5.74) is 3.05. The van der Waals surface area contributed by atoms with Crippen molar-refractivity contribution in [2.45, 2.75) is 19.6 Å². The number of aliphatic hydroxyl groups excluding tert-OH is 1. The van der Waals surface area contributed by atoms with E-state index in [1.54, 1.807) is 18.2 Å². The highest BCUT2D eigenvalue weighted by Gasteiger charge is 2.07. The SMILES string of the molecule is O=C(O)c1cccc(CCn2nc(-c3cccc(CO)c3)ccc2=O)c1. The van der Waals surface area contributed by atoms with Crippen LogP contribution in [0.3, 0.4) is 0 Å². The smallest absolute Gasteiger partial charge is 0.335 e. The van der Waals surface area contributed by atoms with E-state index >= 15 is 0 Å². The van der Waals surface area contributed by atoms with Gasteiger partial charge in [0.05, 0.1) is 17.9 Å². The number of nitrogens with zero attached hydrogens (tertiary/aromatic N) is 2. The molecular weight excluding hydrogens is 332 g/mol. The third-order valence-corrected chi connectivity index (χ3v) is 4.06. The van der Waals surface area contributed by atoms with E-state index in [-0.39, 0.29) is 17.7 Å². The fourth-order valence-corrected chi connectivity index (χ4v) is 2.69. The van der Waals surface area contributed by atoms with Crippen molar-refractivity contribution in [2.24, 2.45) is 0 Å². The van der Waals surface area contributed by atoms with Gasteiger partial charge in [0.2, 0.25) is 0 Å². The summed E-state index contributed by atoms with van der Waals surface area (Å²) in [6.45, 7) is 0.281. The summed E-state index contributed by atoms with van der Waals surface area (Å²) >= 11 is 0. The maximum absolute atomic E-state index is 12.1. The molecule has 0 amide bonds. The summed E-state index contributed by atoms with van der Waals surface area (Å²) in [5, 5.41) is 22.7. The van der Waals surface area contributed by atoms with Crippen LogP contribution in [0, 0.1) is 0 Å². The third kappa shape index (κ3) is 4.04.